The minimum Gasteiger partial charge on any atom is -0.353 e. The van der Waals surface area contributed by atoms with Gasteiger partial charge in [0.1, 0.15) is 0 Å². The Kier molecular flexibility index (Phi) is 7.63. The number of halogens is 1. The fourth-order valence-electron chi connectivity index (χ4n) is 2.60. The SMILES string of the molecule is CCC(Cc1ccccc1)NC(=O)C1CCNCC1.Cl. The highest BCUT2D eigenvalue weighted by Gasteiger charge is 2.22. The molecule has 1 fully saturated rings. The number of carbonyl (C=O) groups excluding carboxylic acids is 1. The van der Waals surface area contributed by atoms with E-state index in [1.54, 1.807) is 0 Å². The topological polar surface area (TPSA) is 41.1 Å². The molecule has 0 spiro atoms. The van der Waals surface area contributed by atoms with Gasteiger partial charge in [-0.25, -0.2) is 0 Å². The molecule has 0 bridgehead atoms. The summed E-state index contributed by atoms with van der Waals surface area (Å²) in [5.74, 6) is 0.440. The third kappa shape index (κ3) is 5.14. The summed E-state index contributed by atoms with van der Waals surface area (Å²) in [6.45, 7) is 4.07. The van der Waals surface area contributed by atoms with Crippen LogP contribution >= 0.6 is 12.4 Å². The molecule has 2 rings (SSSR count). The van der Waals surface area contributed by atoms with Gasteiger partial charge in [0.15, 0.2) is 0 Å². The summed E-state index contributed by atoms with van der Waals surface area (Å²) in [6.07, 6.45) is 3.83. The van der Waals surface area contributed by atoms with Crippen molar-refractivity contribution in [1.82, 2.24) is 10.6 Å². The largest absolute Gasteiger partial charge is 0.353 e. The number of rotatable bonds is 5. The standard InChI is InChI=1S/C16H24N2O.ClH/c1-2-15(12-13-6-4-3-5-7-13)18-16(19)14-8-10-17-11-9-14;/h3-7,14-15,17H,2,8-12H2,1H3,(H,18,19);1H. The van der Waals surface area contributed by atoms with Gasteiger partial charge in [-0.3, -0.25) is 4.79 Å². The molecule has 0 saturated carbocycles. The molecular weight excluding hydrogens is 272 g/mol. The zero-order valence-electron chi connectivity index (χ0n) is 12.1. The molecule has 1 aromatic rings. The van der Waals surface area contributed by atoms with Gasteiger partial charge in [0, 0.05) is 12.0 Å². The first-order chi connectivity index (χ1) is 9.29. The van der Waals surface area contributed by atoms with Gasteiger partial charge in [-0.15, -0.1) is 12.4 Å². The molecule has 2 N–H and O–H groups in total. The number of carbonyl (C=O) groups is 1. The van der Waals surface area contributed by atoms with Gasteiger partial charge in [-0.1, -0.05) is 37.3 Å². The average Bonchev–Trinajstić information content (AvgIpc) is 2.48. The zero-order valence-corrected chi connectivity index (χ0v) is 12.9. The second-order valence-corrected chi connectivity index (χ2v) is 5.33. The van der Waals surface area contributed by atoms with Crippen molar-refractivity contribution < 1.29 is 4.79 Å². The van der Waals surface area contributed by atoms with Crippen LogP contribution in [0.4, 0.5) is 0 Å². The van der Waals surface area contributed by atoms with Crippen molar-refractivity contribution in [2.45, 2.75) is 38.6 Å². The van der Waals surface area contributed by atoms with Gasteiger partial charge in [0.2, 0.25) is 5.91 Å². The van der Waals surface area contributed by atoms with Gasteiger partial charge in [-0.05, 0) is 44.3 Å². The van der Waals surface area contributed by atoms with Crippen LogP contribution < -0.4 is 10.6 Å². The van der Waals surface area contributed by atoms with Crippen LogP contribution in [-0.2, 0) is 11.2 Å². The summed E-state index contributed by atoms with van der Waals surface area (Å²) in [5, 5.41) is 6.51. The van der Waals surface area contributed by atoms with Gasteiger partial charge >= 0.3 is 0 Å². The molecule has 1 saturated heterocycles. The Balaban J connectivity index is 0.00000200. The molecule has 1 atom stereocenters. The van der Waals surface area contributed by atoms with Crippen molar-refractivity contribution in [2.24, 2.45) is 5.92 Å². The second-order valence-electron chi connectivity index (χ2n) is 5.33. The lowest BCUT2D eigenvalue weighted by Gasteiger charge is -2.25. The van der Waals surface area contributed by atoms with Gasteiger partial charge < -0.3 is 10.6 Å². The molecule has 112 valence electrons. The fourth-order valence-corrected chi connectivity index (χ4v) is 2.60. The molecule has 20 heavy (non-hydrogen) atoms. The molecule has 1 aliphatic rings. The Morgan fingerprint density at radius 2 is 1.95 bits per heavy atom. The molecule has 1 heterocycles. The fraction of sp³-hybridized carbons (Fsp3) is 0.562. The average molecular weight is 297 g/mol. The first-order valence-electron chi connectivity index (χ1n) is 7.34. The third-order valence-corrected chi connectivity index (χ3v) is 3.87. The van der Waals surface area contributed by atoms with Crippen LogP contribution in [0.5, 0.6) is 0 Å². The lowest BCUT2D eigenvalue weighted by atomic mass is 9.96. The lowest BCUT2D eigenvalue weighted by Crippen LogP contribution is -2.43. The molecule has 0 aliphatic carbocycles. The maximum atomic E-state index is 12.2. The number of nitrogens with one attached hydrogen (secondary N) is 2. The zero-order chi connectivity index (χ0) is 13.5. The second kappa shape index (κ2) is 8.98. The highest BCUT2D eigenvalue weighted by molar-refractivity contribution is 5.85. The summed E-state index contributed by atoms with van der Waals surface area (Å²) >= 11 is 0. The van der Waals surface area contributed by atoms with Crippen LogP contribution in [0.15, 0.2) is 30.3 Å². The van der Waals surface area contributed by atoms with E-state index in [1.165, 1.54) is 5.56 Å². The summed E-state index contributed by atoms with van der Waals surface area (Å²) in [5.41, 5.74) is 1.29. The highest BCUT2D eigenvalue weighted by Crippen LogP contribution is 2.13. The summed E-state index contributed by atoms with van der Waals surface area (Å²) < 4.78 is 0. The smallest absolute Gasteiger partial charge is 0.223 e. The molecule has 0 aromatic heterocycles. The molecule has 1 aromatic carbocycles. The molecule has 3 nitrogen and oxygen atoms in total. The van der Waals surface area contributed by atoms with Crippen LogP contribution in [-0.4, -0.2) is 25.0 Å². The molecule has 4 heteroatoms. The van der Waals surface area contributed by atoms with E-state index in [0.717, 1.165) is 38.8 Å². The van der Waals surface area contributed by atoms with Crippen molar-refractivity contribution in [2.75, 3.05) is 13.1 Å². The van der Waals surface area contributed by atoms with Gasteiger partial charge in [0.25, 0.3) is 0 Å². The van der Waals surface area contributed by atoms with E-state index >= 15 is 0 Å². The monoisotopic (exact) mass is 296 g/mol. The Morgan fingerprint density at radius 3 is 2.55 bits per heavy atom. The molecule has 1 amide bonds. The Bertz CT molecular complexity index is 391. The maximum absolute atomic E-state index is 12.2. The first-order valence-corrected chi connectivity index (χ1v) is 7.34. The van der Waals surface area contributed by atoms with Crippen molar-refractivity contribution in [3.8, 4) is 0 Å². The van der Waals surface area contributed by atoms with E-state index in [-0.39, 0.29) is 30.3 Å². The van der Waals surface area contributed by atoms with Gasteiger partial charge in [-0.2, -0.15) is 0 Å². The van der Waals surface area contributed by atoms with Crippen LogP contribution in [0.25, 0.3) is 0 Å². The minimum absolute atomic E-state index is 0. The van der Waals surface area contributed by atoms with Crippen LogP contribution in [0.2, 0.25) is 0 Å². The Hall–Kier alpha value is -1.06. The predicted octanol–water partition coefficient (Wildman–Crippen LogP) is 2.55. The van der Waals surface area contributed by atoms with Crippen LogP contribution in [0.1, 0.15) is 31.7 Å². The molecular formula is C16H25ClN2O. The van der Waals surface area contributed by atoms with Crippen molar-refractivity contribution in [1.29, 1.82) is 0 Å². The number of amides is 1. The van der Waals surface area contributed by atoms with Crippen molar-refractivity contribution in [3.05, 3.63) is 35.9 Å². The molecule has 0 radical (unpaired) electrons. The number of benzene rings is 1. The molecule has 1 unspecified atom stereocenters. The number of piperidine rings is 1. The van der Waals surface area contributed by atoms with Crippen LogP contribution in [0.3, 0.4) is 0 Å². The van der Waals surface area contributed by atoms with E-state index in [0.29, 0.717) is 0 Å². The summed E-state index contributed by atoms with van der Waals surface area (Å²) in [4.78, 5) is 12.2. The van der Waals surface area contributed by atoms with E-state index in [2.05, 4.69) is 41.8 Å². The van der Waals surface area contributed by atoms with E-state index in [4.69, 9.17) is 0 Å². The Morgan fingerprint density at radius 1 is 1.30 bits per heavy atom. The quantitative estimate of drug-likeness (QED) is 0.877. The predicted molar refractivity (Wildman–Crippen MR) is 85.2 cm³/mol. The minimum atomic E-state index is 0. The lowest BCUT2D eigenvalue weighted by molar-refractivity contribution is -0.126. The number of hydrogen-bond donors (Lipinski definition) is 2. The Labute approximate surface area is 127 Å². The van der Waals surface area contributed by atoms with E-state index < -0.39 is 0 Å². The van der Waals surface area contributed by atoms with Gasteiger partial charge in [0.05, 0.1) is 0 Å². The normalized spacial score (nSPS) is 17.1. The number of hydrogen-bond acceptors (Lipinski definition) is 2. The van der Waals surface area contributed by atoms with Crippen molar-refractivity contribution in [3.63, 3.8) is 0 Å². The summed E-state index contributed by atoms with van der Waals surface area (Å²) in [7, 11) is 0. The molecule has 1 aliphatic heterocycles. The highest BCUT2D eigenvalue weighted by atomic mass is 35.5. The third-order valence-electron chi connectivity index (χ3n) is 3.87. The van der Waals surface area contributed by atoms with E-state index in [1.807, 2.05) is 6.07 Å². The van der Waals surface area contributed by atoms with Crippen LogP contribution in [0, 0.1) is 5.92 Å². The first kappa shape index (κ1) is 17.0. The summed E-state index contributed by atoms with van der Waals surface area (Å²) in [6, 6.07) is 10.6. The van der Waals surface area contributed by atoms with E-state index in [9.17, 15) is 4.79 Å². The maximum Gasteiger partial charge on any atom is 0.223 e. The van der Waals surface area contributed by atoms with Crippen molar-refractivity contribution >= 4 is 18.3 Å².